The summed E-state index contributed by atoms with van der Waals surface area (Å²) in [6.45, 7) is 11.4. The molecule has 0 radical (unpaired) electrons. The molecular weight excluding hydrogens is 548 g/mol. The number of esters is 1. The van der Waals surface area contributed by atoms with Crippen LogP contribution in [0.3, 0.4) is 0 Å². The summed E-state index contributed by atoms with van der Waals surface area (Å²) >= 11 is 0. The summed E-state index contributed by atoms with van der Waals surface area (Å²) in [5.74, 6) is -0.285. The molecule has 0 saturated heterocycles. The molecule has 1 saturated carbocycles. The summed E-state index contributed by atoms with van der Waals surface area (Å²) < 4.78 is 17.2. The van der Waals surface area contributed by atoms with Crippen LogP contribution in [-0.4, -0.2) is 64.6 Å². The maximum absolute atomic E-state index is 13.3. The van der Waals surface area contributed by atoms with Gasteiger partial charge in [0, 0.05) is 12.7 Å². The van der Waals surface area contributed by atoms with Crippen molar-refractivity contribution in [2.45, 2.75) is 103 Å². The first kappa shape index (κ1) is 33.8. The van der Waals surface area contributed by atoms with E-state index in [2.05, 4.69) is 15.7 Å². The number of alkyl carbamates (subject to hydrolysis) is 1. The first-order valence-corrected chi connectivity index (χ1v) is 15.2. The third-order valence-electron chi connectivity index (χ3n) is 6.83. The van der Waals surface area contributed by atoms with Crippen molar-refractivity contribution in [1.29, 1.82) is 0 Å². The summed E-state index contributed by atoms with van der Waals surface area (Å²) in [5.41, 5.74) is 2.54. The Balaban J connectivity index is 1.95. The second kappa shape index (κ2) is 15.7. The molecule has 2 atom stereocenters. The van der Waals surface area contributed by atoms with Gasteiger partial charge in [-0.3, -0.25) is 5.43 Å². The second-order valence-electron chi connectivity index (χ2n) is 13.1. The highest BCUT2D eigenvalue weighted by atomic mass is 16.6. The Morgan fingerprint density at radius 1 is 0.884 bits per heavy atom. The van der Waals surface area contributed by atoms with Gasteiger partial charge < -0.3 is 19.5 Å². The molecule has 2 aromatic rings. The monoisotopic (exact) mass is 596 g/mol. The molecular formula is C33H48N4O6. The van der Waals surface area contributed by atoms with Gasteiger partial charge in [-0.15, -0.1) is 0 Å². The maximum atomic E-state index is 13.3. The molecule has 0 aliphatic heterocycles. The predicted octanol–water partition coefficient (Wildman–Crippen LogP) is 6.07. The lowest BCUT2D eigenvalue weighted by Crippen LogP contribution is -2.56. The Labute approximate surface area is 255 Å². The van der Waals surface area contributed by atoms with Gasteiger partial charge in [0.1, 0.15) is 23.0 Å². The zero-order valence-corrected chi connectivity index (χ0v) is 26.4. The molecule has 236 valence electrons. The molecule has 43 heavy (non-hydrogen) atoms. The van der Waals surface area contributed by atoms with Gasteiger partial charge in [-0.05, 0) is 84.4 Å². The molecule has 1 aromatic heterocycles. The van der Waals surface area contributed by atoms with E-state index in [0.717, 1.165) is 31.2 Å². The van der Waals surface area contributed by atoms with E-state index in [0.29, 0.717) is 18.9 Å². The van der Waals surface area contributed by atoms with Crippen LogP contribution in [0.1, 0.15) is 89.7 Å². The van der Waals surface area contributed by atoms with Gasteiger partial charge in [-0.2, -0.15) is 0 Å². The predicted molar refractivity (Wildman–Crippen MR) is 164 cm³/mol. The van der Waals surface area contributed by atoms with Gasteiger partial charge >= 0.3 is 18.2 Å². The molecule has 1 aliphatic carbocycles. The number of hydrazine groups is 1. The standard InChI is InChI=1S/C33H48N4O6/c1-32(2,3)42-30(39)35-27(21-24-15-9-7-10-16-24)28(41-29(38)26-19-13-14-20-34-26)23-37(22-25-17-11-8-12-18-25)36-31(40)43-33(4,5)6/h7,9-10,13-16,19-20,25,27-28H,8,11-12,17-18,21-23H2,1-6H3,(H,35,39)(H,36,40). The highest BCUT2D eigenvalue weighted by molar-refractivity contribution is 5.87. The van der Waals surface area contributed by atoms with Crippen LogP contribution in [0.5, 0.6) is 0 Å². The lowest BCUT2D eigenvalue weighted by molar-refractivity contribution is -0.0123. The number of aromatic nitrogens is 1. The number of ether oxygens (including phenoxy) is 3. The van der Waals surface area contributed by atoms with E-state index in [1.165, 1.54) is 12.6 Å². The average Bonchev–Trinajstić information content (AvgIpc) is 2.92. The van der Waals surface area contributed by atoms with Crippen molar-refractivity contribution in [1.82, 2.24) is 20.7 Å². The number of rotatable bonds is 11. The van der Waals surface area contributed by atoms with Crippen molar-refractivity contribution in [3.8, 4) is 0 Å². The summed E-state index contributed by atoms with van der Waals surface area (Å²) in [7, 11) is 0. The SMILES string of the molecule is CC(C)(C)OC(=O)NC(Cc1ccccc1)C(CN(CC1CCCCC1)NC(=O)OC(C)(C)C)OC(=O)c1ccccn1. The van der Waals surface area contributed by atoms with Gasteiger partial charge in [-0.1, -0.05) is 55.7 Å². The molecule has 0 bridgehead atoms. The third kappa shape index (κ3) is 13.0. The average molecular weight is 597 g/mol. The Bertz CT molecular complexity index is 1160. The first-order valence-electron chi connectivity index (χ1n) is 15.2. The Hall–Kier alpha value is -3.66. The van der Waals surface area contributed by atoms with Crippen molar-refractivity contribution in [2.75, 3.05) is 13.1 Å². The Morgan fingerprint density at radius 2 is 1.51 bits per heavy atom. The molecule has 10 nitrogen and oxygen atoms in total. The molecule has 2 amide bonds. The fourth-order valence-electron chi connectivity index (χ4n) is 5.02. The van der Waals surface area contributed by atoms with Crippen molar-refractivity contribution in [3.63, 3.8) is 0 Å². The topological polar surface area (TPSA) is 119 Å². The van der Waals surface area contributed by atoms with Crippen molar-refractivity contribution in [3.05, 3.63) is 66.0 Å². The van der Waals surface area contributed by atoms with Gasteiger partial charge in [0.2, 0.25) is 0 Å². The van der Waals surface area contributed by atoms with Crippen LogP contribution in [-0.2, 0) is 20.6 Å². The highest BCUT2D eigenvalue weighted by Gasteiger charge is 2.33. The van der Waals surface area contributed by atoms with Crippen LogP contribution in [0.25, 0.3) is 0 Å². The number of nitrogens with zero attached hydrogens (tertiary/aromatic N) is 2. The number of hydrogen-bond acceptors (Lipinski definition) is 8. The van der Waals surface area contributed by atoms with Crippen LogP contribution in [0, 0.1) is 5.92 Å². The second-order valence-corrected chi connectivity index (χ2v) is 13.1. The van der Waals surface area contributed by atoms with E-state index in [1.807, 2.05) is 30.3 Å². The summed E-state index contributed by atoms with van der Waals surface area (Å²) in [6.07, 6.45) is 5.27. The van der Waals surface area contributed by atoms with E-state index in [4.69, 9.17) is 14.2 Å². The summed E-state index contributed by atoms with van der Waals surface area (Å²) in [6, 6.07) is 13.9. The van der Waals surface area contributed by atoms with E-state index in [-0.39, 0.29) is 12.2 Å². The number of hydrogen-bond donors (Lipinski definition) is 2. The van der Waals surface area contributed by atoms with Crippen LogP contribution in [0.4, 0.5) is 9.59 Å². The van der Waals surface area contributed by atoms with Gasteiger partial charge in [0.15, 0.2) is 0 Å². The molecule has 3 rings (SSSR count). The molecule has 2 N–H and O–H groups in total. The minimum absolute atomic E-state index is 0.0988. The lowest BCUT2D eigenvalue weighted by atomic mass is 9.89. The zero-order chi connectivity index (χ0) is 31.5. The number of amides is 2. The minimum atomic E-state index is -0.888. The molecule has 1 fully saturated rings. The number of carbonyl (C=O) groups is 3. The fourth-order valence-corrected chi connectivity index (χ4v) is 5.02. The highest BCUT2D eigenvalue weighted by Crippen LogP contribution is 2.25. The van der Waals surface area contributed by atoms with Crippen LogP contribution in [0.15, 0.2) is 54.7 Å². The van der Waals surface area contributed by atoms with E-state index < -0.39 is 41.5 Å². The van der Waals surface area contributed by atoms with Crippen LogP contribution >= 0.6 is 0 Å². The van der Waals surface area contributed by atoms with E-state index in [9.17, 15) is 14.4 Å². The van der Waals surface area contributed by atoms with Gasteiger partial charge in [0.25, 0.3) is 0 Å². The number of benzene rings is 1. The van der Waals surface area contributed by atoms with Crippen LogP contribution in [0.2, 0.25) is 0 Å². The van der Waals surface area contributed by atoms with Crippen LogP contribution < -0.4 is 10.7 Å². The zero-order valence-electron chi connectivity index (χ0n) is 26.4. The molecule has 1 aromatic carbocycles. The Kier molecular flexibility index (Phi) is 12.4. The molecule has 1 heterocycles. The van der Waals surface area contributed by atoms with Gasteiger partial charge in [-0.25, -0.2) is 24.4 Å². The third-order valence-corrected chi connectivity index (χ3v) is 6.83. The Morgan fingerprint density at radius 3 is 2.12 bits per heavy atom. The van der Waals surface area contributed by atoms with E-state index in [1.54, 1.807) is 64.8 Å². The normalized spacial score (nSPS) is 15.7. The summed E-state index contributed by atoms with van der Waals surface area (Å²) in [5, 5.41) is 4.71. The molecule has 10 heteroatoms. The van der Waals surface area contributed by atoms with Crippen molar-refractivity contribution >= 4 is 18.2 Å². The van der Waals surface area contributed by atoms with Crippen molar-refractivity contribution < 1.29 is 28.6 Å². The quantitative estimate of drug-likeness (QED) is 0.182. The number of pyridine rings is 1. The number of nitrogens with one attached hydrogen (secondary N) is 2. The van der Waals surface area contributed by atoms with Crippen molar-refractivity contribution in [2.24, 2.45) is 5.92 Å². The fraction of sp³-hybridized carbons (Fsp3) is 0.576. The first-order chi connectivity index (χ1) is 20.3. The lowest BCUT2D eigenvalue weighted by Gasteiger charge is -2.35. The molecule has 0 spiro atoms. The maximum Gasteiger partial charge on any atom is 0.422 e. The largest absolute Gasteiger partial charge is 0.454 e. The summed E-state index contributed by atoms with van der Waals surface area (Å²) in [4.78, 5) is 43.5. The van der Waals surface area contributed by atoms with E-state index >= 15 is 0 Å². The minimum Gasteiger partial charge on any atom is -0.454 e. The van der Waals surface area contributed by atoms with Gasteiger partial charge in [0.05, 0.1) is 12.6 Å². The molecule has 1 aliphatic rings. The smallest absolute Gasteiger partial charge is 0.422 e. The number of carbonyl (C=O) groups excluding carboxylic acids is 3. The molecule has 2 unspecified atom stereocenters.